The number of rotatable bonds is 15. The number of aliphatic hydroxyl groups is 1. The summed E-state index contributed by atoms with van der Waals surface area (Å²) in [5, 5.41) is 10.1. The van der Waals surface area contributed by atoms with Gasteiger partial charge in [0.25, 0.3) is 0 Å². The topological polar surface area (TPSA) is 20.2 Å². The van der Waals surface area contributed by atoms with Crippen LogP contribution in [0.5, 0.6) is 0 Å². The lowest BCUT2D eigenvalue weighted by Crippen LogP contribution is -2.20. The normalized spacial score (nSPS) is 14.6. The highest BCUT2D eigenvalue weighted by molar-refractivity contribution is 9.09. The van der Waals surface area contributed by atoms with Crippen LogP contribution < -0.4 is 0 Å². The first-order valence-corrected chi connectivity index (χ1v) is 10.3. The molecule has 1 N–H and O–H groups in total. The van der Waals surface area contributed by atoms with E-state index in [2.05, 4.69) is 36.7 Å². The van der Waals surface area contributed by atoms with Crippen LogP contribution in [-0.4, -0.2) is 16.0 Å². The molecule has 2 atom stereocenters. The fourth-order valence-electron chi connectivity index (χ4n) is 2.75. The highest BCUT2D eigenvalue weighted by Crippen LogP contribution is 2.20. The predicted molar refractivity (Wildman–Crippen MR) is 99.3 cm³/mol. The molecule has 0 aliphatic rings. The fourth-order valence-corrected chi connectivity index (χ4v) is 3.34. The van der Waals surface area contributed by atoms with E-state index in [-0.39, 0.29) is 6.10 Å². The second-order valence-corrected chi connectivity index (χ2v) is 8.20. The maximum Gasteiger partial charge on any atom is 0.0665 e. The van der Waals surface area contributed by atoms with E-state index in [0.717, 1.165) is 18.8 Å². The molecule has 0 fully saturated rings. The Bertz CT molecular complexity index is 206. The Kier molecular flexibility index (Phi) is 15.7. The third kappa shape index (κ3) is 15.1. The van der Waals surface area contributed by atoms with E-state index in [1.165, 1.54) is 70.6 Å². The highest BCUT2D eigenvalue weighted by atomic mass is 79.9. The molecule has 0 spiro atoms. The Labute approximate surface area is 142 Å². The molecule has 0 bridgehead atoms. The second-order valence-electron chi connectivity index (χ2n) is 7.03. The summed E-state index contributed by atoms with van der Waals surface area (Å²) in [6, 6.07) is 0. The van der Waals surface area contributed by atoms with Crippen molar-refractivity contribution in [3.8, 4) is 0 Å². The van der Waals surface area contributed by atoms with Gasteiger partial charge in [-0.25, -0.2) is 0 Å². The zero-order chi connectivity index (χ0) is 15.9. The van der Waals surface area contributed by atoms with Crippen LogP contribution in [0.1, 0.15) is 104 Å². The van der Waals surface area contributed by atoms with Crippen LogP contribution in [0.2, 0.25) is 0 Å². The lowest BCUT2D eigenvalue weighted by molar-refractivity contribution is 0.155. The van der Waals surface area contributed by atoms with Crippen LogP contribution in [0.4, 0.5) is 0 Å². The Hall–Kier alpha value is 0.440. The van der Waals surface area contributed by atoms with Gasteiger partial charge in [-0.05, 0) is 18.8 Å². The zero-order valence-electron chi connectivity index (χ0n) is 14.7. The Morgan fingerprint density at radius 3 is 1.76 bits per heavy atom. The SMILES string of the molecule is CCCCCCCCCCC(Br)C(O)CCCCC(C)C. The monoisotopic (exact) mass is 362 g/mol. The molecule has 2 unspecified atom stereocenters. The van der Waals surface area contributed by atoms with E-state index in [0.29, 0.717) is 4.83 Å². The van der Waals surface area contributed by atoms with Crippen LogP contribution in [0.3, 0.4) is 0 Å². The summed E-state index contributed by atoms with van der Waals surface area (Å²) in [6.45, 7) is 6.81. The lowest BCUT2D eigenvalue weighted by atomic mass is 10.0. The van der Waals surface area contributed by atoms with Crippen molar-refractivity contribution in [3.05, 3.63) is 0 Å². The molecule has 0 aliphatic heterocycles. The Morgan fingerprint density at radius 2 is 1.19 bits per heavy atom. The Balaban J connectivity index is 3.36. The van der Waals surface area contributed by atoms with Crippen molar-refractivity contribution in [2.75, 3.05) is 0 Å². The van der Waals surface area contributed by atoms with Crippen molar-refractivity contribution in [1.29, 1.82) is 0 Å². The van der Waals surface area contributed by atoms with Crippen molar-refractivity contribution >= 4 is 15.9 Å². The summed E-state index contributed by atoms with van der Waals surface area (Å²) in [5.74, 6) is 0.791. The van der Waals surface area contributed by atoms with Gasteiger partial charge in [-0.1, -0.05) is 107 Å². The molecule has 0 aromatic carbocycles. The number of aliphatic hydroxyl groups excluding tert-OH is 1. The van der Waals surface area contributed by atoms with E-state index < -0.39 is 0 Å². The van der Waals surface area contributed by atoms with Crippen molar-refractivity contribution < 1.29 is 5.11 Å². The third-order valence-electron chi connectivity index (χ3n) is 4.28. The molecule has 0 radical (unpaired) electrons. The molecule has 0 aromatic heterocycles. The third-order valence-corrected chi connectivity index (χ3v) is 5.35. The minimum Gasteiger partial charge on any atom is -0.392 e. The van der Waals surface area contributed by atoms with E-state index in [4.69, 9.17) is 0 Å². The van der Waals surface area contributed by atoms with E-state index in [1.54, 1.807) is 0 Å². The summed E-state index contributed by atoms with van der Waals surface area (Å²) in [5.41, 5.74) is 0. The van der Waals surface area contributed by atoms with Gasteiger partial charge >= 0.3 is 0 Å². The average Bonchev–Trinajstić information content (AvgIpc) is 2.45. The van der Waals surface area contributed by atoms with Gasteiger partial charge in [-0.15, -0.1) is 0 Å². The first kappa shape index (κ1) is 21.4. The van der Waals surface area contributed by atoms with Gasteiger partial charge in [0.15, 0.2) is 0 Å². The van der Waals surface area contributed by atoms with E-state index in [1.807, 2.05) is 0 Å². The molecule has 0 aliphatic carbocycles. The minimum absolute atomic E-state index is 0.151. The first-order chi connectivity index (χ1) is 10.1. The van der Waals surface area contributed by atoms with Gasteiger partial charge in [0.05, 0.1) is 6.10 Å². The molecule has 0 saturated carbocycles. The van der Waals surface area contributed by atoms with Crippen LogP contribution in [-0.2, 0) is 0 Å². The number of unbranched alkanes of at least 4 members (excludes halogenated alkanes) is 8. The Morgan fingerprint density at radius 1 is 0.714 bits per heavy atom. The molecule has 0 saturated heterocycles. The average molecular weight is 363 g/mol. The van der Waals surface area contributed by atoms with Gasteiger partial charge < -0.3 is 5.11 Å². The summed E-state index contributed by atoms with van der Waals surface area (Å²) in [4.78, 5) is 0.302. The van der Waals surface area contributed by atoms with Gasteiger partial charge in [0.1, 0.15) is 0 Å². The predicted octanol–water partition coefficient (Wildman–Crippen LogP) is 6.86. The van der Waals surface area contributed by atoms with Gasteiger partial charge in [-0.2, -0.15) is 0 Å². The number of halogens is 1. The molecule has 21 heavy (non-hydrogen) atoms. The molecule has 1 nitrogen and oxygen atoms in total. The molecular formula is C19H39BrO. The molecule has 128 valence electrons. The minimum atomic E-state index is -0.151. The van der Waals surface area contributed by atoms with Crippen LogP contribution in [0.25, 0.3) is 0 Å². The number of hydrogen-bond donors (Lipinski definition) is 1. The maximum absolute atomic E-state index is 10.1. The largest absolute Gasteiger partial charge is 0.392 e. The summed E-state index contributed by atoms with van der Waals surface area (Å²) >= 11 is 3.68. The quantitative estimate of drug-likeness (QED) is 0.249. The number of alkyl halides is 1. The molecule has 0 amide bonds. The van der Waals surface area contributed by atoms with Crippen LogP contribution in [0, 0.1) is 5.92 Å². The molecule has 0 heterocycles. The maximum atomic E-state index is 10.1. The van der Waals surface area contributed by atoms with Gasteiger partial charge in [0.2, 0.25) is 0 Å². The highest BCUT2D eigenvalue weighted by Gasteiger charge is 2.15. The second kappa shape index (κ2) is 15.3. The fraction of sp³-hybridized carbons (Fsp3) is 1.00. The smallest absolute Gasteiger partial charge is 0.0665 e. The molecule has 0 rings (SSSR count). The zero-order valence-corrected chi connectivity index (χ0v) is 16.3. The summed E-state index contributed by atoms with van der Waals surface area (Å²) in [6.07, 6.45) is 16.5. The van der Waals surface area contributed by atoms with Gasteiger partial charge in [-0.3, -0.25) is 0 Å². The van der Waals surface area contributed by atoms with Crippen molar-refractivity contribution in [3.63, 3.8) is 0 Å². The van der Waals surface area contributed by atoms with Crippen molar-refractivity contribution in [2.24, 2.45) is 5.92 Å². The number of hydrogen-bond acceptors (Lipinski definition) is 1. The first-order valence-electron chi connectivity index (χ1n) is 9.40. The van der Waals surface area contributed by atoms with E-state index >= 15 is 0 Å². The van der Waals surface area contributed by atoms with Crippen molar-refractivity contribution in [2.45, 2.75) is 115 Å². The molecule has 2 heteroatoms. The summed E-state index contributed by atoms with van der Waals surface area (Å²) < 4.78 is 0. The lowest BCUT2D eigenvalue weighted by Gasteiger charge is -2.17. The standard InChI is InChI=1S/C19H39BrO/c1-4-5-6-7-8-9-10-11-15-18(20)19(21)16-13-12-14-17(2)3/h17-19,21H,4-16H2,1-3H3. The van der Waals surface area contributed by atoms with Crippen molar-refractivity contribution in [1.82, 2.24) is 0 Å². The molecule has 0 aromatic rings. The van der Waals surface area contributed by atoms with Crippen LogP contribution >= 0.6 is 15.9 Å². The van der Waals surface area contributed by atoms with Crippen LogP contribution in [0.15, 0.2) is 0 Å². The van der Waals surface area contributed by atoms with E-state index in [9.17, 15) is 5.11 Å². The molecular weight excluding hydrogens is 324 g/mol. The summed E-state index contributed by atoms with van der Waals surface area (Å²) in [7, 11) is 0. The van der Waals surface area contributed by atoms with Gasteiger partial charge in [0, 0.05) is 4.83 Å².